The maximum absolute atomic E-state index is 3.63. The molecule has 19 heavy (non-hydrogen) atoms. The summed E-state index contributed by atoms with van der Waals surface area (Å²) in [5.41, 5.74) is 2.75. The number of benzene rings is 1. The average Bonchev–Trinajstić information content (AvgIpc) is 2.75. The first-order valence-corrected chi connectivity index (χ1v) is 8.37. The van der Waals surface area contributed by atoms with Crippen molar-refractivity contribution in [1.82, 2.24) is 5.32 Å². The van der Waals surface area contributed by atoms with E-state index < -0.39 is 0 Å². The Morgan fingerprint density at radius 1 is 1.26 bits per heavy atom. The van der Waals surface area contributed by atoms with Gasteiger partial charge in [-0.05, 0) is 59.2 Å². The molecule has 1 heterocycles. The number of likely N-dealkylation sites (N-methyl/N-ethyl adjacent to an activating group) is 1. The van der Waals surface area contributed by atoms with Crippen LogP contribution in [0.1, 0.15) is 22.9 Å². The number of halogens is 1. The van der Waals surface area contributed by atoms with E-state index in [1.165, 1.54) is 20.5 Å². The predicted octanol–water partition coefficient (Wildman–Crippen LogP) is 4.58. The van der Waals surface area contributed by atoms with Crippen LogP contribution < -0.4 is 5.32 Å². The molecule has 1 atom stereocenters. The molecular weight excluding hydrogens is 318 g/mol. The summed E-state index contributed by atoms with van der Waals surface area (Å²) >= 11 is 5.46. The van der Waals surface area contributed by atoms with Gasteiger partial charge in [0, 0.05) is 15.4 Å². The van der Waals surface area contributed by atoms with Crippen LogP contribution in [0.4, 0.5) is 0 Å². The van der Waals surface area contributed by atoms with Crippen molar-refractivity contribution >= 4 is 27.3 Å². The highest BCUT2D eigenvalue weighted by atomic mass is 79.9. The Morgan fingerprint density at radius 3 is 2.74 bits per heavy atom. The van der Waals surface area contributed by atoms with Gasteiger partial charge in [-0.15, -0.1) is 11.3 Å². The second-order valence-electron chi connectivity index (χ2n) is 4.84. The second kappa shape index (κ2) is 7.22. The fourth-order valence-corrected chi connectivity index (χ4v) is 3.92. The van der Waals surface area contributed by atoms with Crippen LogP contribution in [0.2, 0.25) is 0 Å². The number of aryl methyl sites for hydroxylation is 1. The lowest BCUT2D eigenvalue weighted by atomic mass is 10.0. The van der Waals surface area contributed by atoms with Crippen molar-refractivity contribution < 1.29 is 0 Å². The van der Waals surface area contributed by atoms with Crippen LogP contribution in [-0.2, 0) is 12.8 Å². The predicted molar refractivity (Wildman–Crippen MR) is 88.1 cm³/mol. The van der Waals surface area contributed by atoms with E-state index in [1.54, 1.807) is 0 Å². The smallest absolute Gasteiger partial charge is 0.0314 e. The quantitative estimate of drug-likeness (QED) is 0.813. The van der Waals surface area contributed by atoms with Gasteiger partial charge in [-0.1, -0.05) is 36.8 Å². The fraction of sp³-hybridized carbons (Fsp3) is 0.375. The Balaban J connectivity index is 2.06. The first-order chi connectivity index (χ1) is 9.19. The molecule has 0 spiro atoms. The molecule has 0 saturated carbocycles. The van der Waals surface area contributed by atoms with Crippen molar-refractivity contribution in [3.63, 3.8) is 0 Å². The Kier molecular flexibility index (Phi) is 5.61. The molecule has 1 aromatic heterocycles. The zero-order chi connectivity index (χ0) is 13.7. The topological polar surface area (TPSA) is 12.0 Å². The lowest BCUT2D eigenvalue weighted by Gasteiger charge is -2.18. The average molecular weight is 338 g/mol. The molecule has 0 radical (unpaired) electrons. The molecule has 0 aliphatic heterocycles. The summed E-state index contributed by atoms with van der Waals surface area (Å²) in [6.07, 6.45) is 2.17. The van der Waals surface area contributed by atoms with Gasteiger partial charge >= 0.3 is 0 Å². The third kappa shape index (κ3) is 4.44. The van der Waals surface area contributed by atoms with Crippen LogP contribution in [0.15, 0.2) is 40.2 Å². The van der Waals surface area contributed by atoms with Gasteiger partial charge < -0.3 is 5.32 Å². The second-order valence-corrected chi connectivity index (χ2v) is 6.70. The minimum absolute atomic E-state index is 0.502. The summed E-state index contributed by atoms with van der Waals surface area (Å²) in [4.78, 5) is 1.43. The van der Waals surface area contributed by atoms with Gasteiger partial charge in [0.1, 0.15) is 0 Å². The maximum Gasteiger partial charge on any atom is 0.0314 e. The van der Waals surface area contributed by atoms with Crippen molar-refractivity contribution in [2.45, 2.75) is 32.7 Å². The zero-order valence-corrected chi connectivity index (χ0v) is 13.9. The molecule has 1 aromatic carbocycles. The molecule has 1 nitrogen and oxygen atoms in total. The van der Waals surface area contributed by atoms with E-state index in [2.05, 4.69) is 70.8 Å². The molecule has 0 bridgehead atoms. The highest BCUT2D eigenvalue weighted by Gasteiger charge is 2.12. The normalized spacial score (nSPS) is 12.6. The SMILES string of the molecule is CCNC(Cc1cccc(C)c1)Cc1sccc1Br. The minimum Gasteiger partial charge on any atom is -0.314 e. The van der Waals surface area contributed by atoms with Crippen molar-refractivity contribution in [2.75, 3.05) is 6.54 Å². The van der Waals surface area contributed by atoms with Gasteiger partial charge in [0.25, 0.3) is 0 Å². The van der Waals surface area contributed by atoms with Crippen LogP contribution in [-0.4, -0.2) is 12.6 Å². The fourth-order valence-electron chi connectivity index (χ4n) is 2.32. The molecular formula is C16H20BrNS. The van der Waals surface area contributed by atoms with Gasteiger partial charge in [-0.25, -0.2) is 0 Å². The van der Waals surface area contributed by atoms with Crippen molar-refractivity contribution in [2.24, 2.45) is 0 Å². The van der Waals surface area contributed by atoms with Gasteiger partial charge in [-0.3, -0.25) is 0 Å². The highest BCUT2D eigenvalue weighted by molar-refractivity contribution is 9.10. The van der Waals surface area contributed by atoms with Gasteiger partial charge in [0.15, 0.2) is 0 Å². The minimum atomic E-state index is 0.502. The van der Waals surface area contributed by atoms with Crippen LogP contribution >= 0.6 is 27.3 Å². The van der Waals surface area contributed by atoms with E-state index in [-0.39, 0.29) is 0 Å². The van der Waals surface area contributed by atoms with E-state index in [0.29, 0.717) is 6.04 Å². The Bertz CT molecular complexity index is 521. The summed E-state index contributed by atoms with van der Waals surface area (Å²) in [6.45, 7) is 5.34. The molecule has 0 fully saturated rings. The van der Waals surface area contributed by atoms with E-state index in [9.17, 15) is 0 Å². The highest BCUT2D eigenvalue weighted by Crippen LogP contribution is 2.24. The Morgan fingerprint density at radius 2 is 2.11 bits per heavy atom. The molecule has 2 aromatic rings. The molecule has 0 amide bonds. The molecule has 102 valence electrons. The molecule has 0 saturated heterocycles. The molecule has 2 rings (SSSR count). The van der Waals surface area contributed by atoms with Crippen LogP contribution in [0.25, 0.3) is 0 Å². The van der Waals surface area contributed by atoms with Crippen LogP contribution in [0, 0.1) is 6.92 Å². The molecule has 1 unspecified atom stereocenters. The van der Waals surface area contributed by atoms with Crippen LogP contribution in [0.3, 0.4) is 0 Å². The molecule has 3 heteroatoms. The first kappa shape index (κ1) is 14.8. The third-order valence-electron chi connectivity index (χ3n) is 3.18. The Hall–Kier alpha value is -0.640. The largest absolute Gasteiger partial charge is 0.314 e. The number of rotatable bonds is 6. The monoisotopic (exact) mass is 337 g/mol. The Labute approximate surface area is 128 Å². The summed E-state index contributed by atoms with van der Waals surface area (Å²) in [7, 11) is 0. The molecule has 1 N–H and O–H groups in total. The lowest BCUT2D eigenvalue weighted by Crippen LogP contribution is -2.32. The van der Waals surface area contributed by atoms with Crippen molar-refractivity contribution in [1.29, 1.82) is 0 Å². The number of hydrogen-bond acceptors (Lipinski definition) is 2. The molecule has 0 aliphatic carbocycles. The molecule has 0 aliphatic rings. The summed E-state index contributed by atoms with van der Waals surface area (Å²) in [5.74, 6) is 0. The number of nitrogens with one attached hydrogen (secondary N) is 1. The van der Waals surface area contributed by atoms with E-state index >= 15 is 0 Å². The van der Waals surface area contributed by atoms with Crippen molar-refractivity contribution in [3.8, 4) is 0 Å². The van der Waals surface area contributed by atoms with E-state index in [4.69, 9.17) is 0 Å². The third-order valence-corrected chi connectivity index (χ3v) is 5.13. The van der Waals surface area contributed by atoms with Gasteiger partial charge in [0.05, 0.1) is 0 Å². The zero-order valence-electron chi connectivity index (χ0n) is 11.4. The standard InChI is InChI=1S/C16H20BrNS/c1-3-18-14(11-16-15(17)7-8-19-16)10-13-6-4-5-12(2)9-13/h4-9,14,18H,3,10-11H2,1-2H3. The lowest BCUT2D eigenvalue weighted by molar-refractivity contribution is 0.524. The summed E-state index contributed by atoms with van der Waals surface area (Å²) in [5, 5.41) is 5.75. The van der Waals surface area contributed by atoms with Crippen molar-refractivity contribution in [3.05, 3.63) is 56.2 Å². The summed E-state index contributed by atoms with van der Waals surface area (Å²) in [6, 6.07) is 11.4. The van der Waals surface area contributed by atoms with E-state index in [0.717, 1.165) is 19.4 Å². The van der Waals surface area contributed by atoms with Gasteiger partial charge in [-0.2, -0.15) is 0 Å². The van der Waals surface area contributed by atoms with Gasteiger partial charge in [0.2, 0.25) is 0 Å². The number of hydrogen-bond donors (Lipinski definition) is 1. The first-order valence-electron chi connectivity index (χ1n) is 6.70. The maximum atomic E-state index is 3.63. The summed E-state index contributed by atoms with van der Waals surface area (Å²) < 4.78 is 1.24. The van der Waals surface area contributed by atoms with Crippen LogP contribution in [0.5, 0.6) is 0 Å². The number of thiophene rings is 1. The van der Waals surface area contributed by atoms with E-state index in [1.807, 2.05) is 11.3 Å².